The second kappa shape index (κ2) is 13.3. The number of likely N-dealkylation sites (N-methyl/N-ethyl adjacent to an activating group) is 1. The number of aryl methyl sites for hydroxylation is 1. The van der Waals surface area contributed by atoms with Gasteiger partial charge in [-0.2, -0.15) is 0 Å². The van der Waals surface area contributed by atoms with Gasteiger partial charge in [-0.3, -0.25) is 9.59 Å². The van der Waals surface area contributed by atoms with E-state index in [-0.39, 0.29) is 13.0 Å². The fourth-order valence-electron chi connectivity index (χ4n) is 3.82. The average molecular weight is 540 g/mol. The molecule has 2 rings (SSSR count). The van der Waals surface area contributed by atoms with Crippen molar-refractivity contribution in [3.05, 3.63) is 71.3 Å². The van der Waals surface area contributed by atoms with Gasteiger partial charge in [-0.1, -0.05) is 54.6 Å². The van der Waals surface area contributed by atoms with E-state index in [0.717, 1.165) is 11.1 Å². The number of benzene rings is 2. The lowest BCUT2D eigenvalue weighted by Gasteiger charge is -2.31. The van der Waals surface area contributed by atoms with Crippen LogP contribution in [0.2, 0.25) is 0 Å². The Bertz CT molecular complexity index is 1150. The summed E-state index contributed by atoms with van der Waals surface area (Å²) >= 11 is 0. The zero-order valence-corrected chi connectivity index (χ0v) is 24.2. The van der Waals surface area contributed by atoms with Gasteiger partial charge >= 0.3 is 12.1 Å². The highest BCUT2D eigenvalue weighted by Gasteiger charge is 2.34. The van der Waals surface area contributed by atoms with E-state index in [1.807, 2.05) is 49.4 Å². The summed E-state index contributed by atoms with van der Waals surface area (Å²) in [7, 11) is 1.48. The first kappa shape index (κ1) is 31.3. The van der Waals surface area contributed by atoms with E-state index in [1.165, 1.54) is 11.9 Å². The molecule has 0 radical (unpaired) electrons. The Kier molecular flexibility index (Phi) is 10.7. The molecule has 0 spiro atoms. The van der Waals surface area contributed by atoms with E-state index in [2.05, 4.69) is 10.6 Å². The molecule has 0 saturated heterocycles. The number of esters is 1. The van der Waals surface area contributed by atoms with Crippen molar-refractivity contribution in [2.45, 2.75) is 78.2 Å². The first-order valence-electron chi connectivity index (χ1n) is 12.9. The molecule has 0 heterocycles. The molecule has 2 N–H and O–H groups in total. The van der Waals surface area contributed by atoms with Gasteiger partial charge in [0.2, 0.25) is 11.8 Å². The molecule has 0 bridgehead atoms. The van der Waals surface area contributed by atoms with Crippen LogP contribution >= 0.6 is 0 Å². The molecule has 0 fully saturated rings. The summed E-state index contributed by atoms with van der Waals surface area (Å²) in [4.78, 5) is 53.4. The molecule has 212 valence electrons. The monoisotopic (exact) mass is 539 g/mol. The Hall–Kier alpha value is -3.88. The molecule has 0 aliphatic heterocycles. The zero-order valence-electron chi connectivity index (χ0n) is 24.2. The van der Waals surface area contributed by atoms with Crippen molar-refractivity contribution in [3.63, 3.8) is 0 Å². The van der Waals surface area contributed by atoms with Crippen LogP contribution < -0.4 is 10.6 Å². The number of carbonyl (C=O) groups is 4. The molecule has 0 aliphatic carbocycles. The smallest absolute Gasteiger partial charge is 0.408 e. The van der Waals surface area contributed by atoms with Gasteiger partial charge in [0.25, 0.3) is 0 Å². The van der Waals surface area contributed by atoms with Crippen LogP contribution in [0.25, 0.3) is 0 Å². The van der Waals surface area contributed by atoms with Gasteiger partial charge in [0.15, 0.2) is 0 Å². The summed E-state index contributed by atoms with van der Waals surface area (Å²) in [5, 5.41) is 5.26. The van der Waals surface area contributed by atoms with Crippen LogP contribution in [0, 0.1) is 6.92 Å². The van der Waals surface area contributed by atoms with Gasteiger partial charge in [-0.25, -0.2) is 9.59 Å². The third kappa shape index (κ3) is 10.4. The van der Waals surface area contributed by atoms with E-state index in [0.29, 0.717) is 5.56 Å². The third-order valence-corrected chi connectivity index (χ3v) is 5.59. The van der Waals surface area contributed by atoms with Gasteiger partial charge in [0.05, 0.1) is 0 Å². The molecule has 0 aliphatic rings. The summed E-state index contributed by atoms with van der Waals surface area (Å²) in [6, 6.07) is 14.4. The standard InChI is InChI=1S/C30H41N3O6/c1-20-14-12-13-17-22(20)25(33(8)24(34)19-31-28(37)39-30(5,6)7)26(35)32-23(27(36)38-29(2,3)4)18-21-15-10-9-11-16-21/h9-17,23,25H,18-19H2,1-8H3,(H,31,37)(H,32,35). The van der Waals surface area contributed by atoms with Crippen molar-refractivity contribution in [1.82, 2.24) is 15.5 Å². The number of nitrogens with zero attached hydrogens (tertiary/aromatic N) is 1. The van der Waals surface area contributed by atoms with E-state index < -0.39 is 47.2 Å². The summed E-state index contributed by atoms with van der Waals surface area (Å²) in [5.41, 5.74) is 0.733. The Morgan fingerprint density at radius 3 is 1.97 bits per heavy atom. The number of nitrogens with one attached hydrogen (secondary N) is 2. The van der Waals surface area contributed by atoms with Crippen molar-refractivity contribution in [1.29, 1.82) is 0 Å². The van der Waals surface area contributed by atoms with Gasteiger partial charge in [-0.15, -0.1) is 0 Å². The fourth-order valence-corrected chi connectivity index (χ4v) is 3.82. The summed E-state index contributed by atoms with van der Waals surface area (Å²) < 4.78 is 10.8. The fraction of sp³-hybridized carbons (Fsp3) is 0.467. The van der Waals surface area contributed by atoms with Gasteiger partial charge in [0, 0.05) is 13.5 Å². The quantitative estimate of drug-likeness (QED) is 0.464. The average Bonchev–Trinajstić information content (AvgIpc) is 2.82. The molecule has 0 saturated carbocycles. The lowest BCUT2D eigenvalue weighted by molar-refractivity contribution is -0.159. The van der Waals surface area contributed by atoms with E-state index in [1.54, 1.807) is 53.7 Å². The Morgan fingerprint density at radius 2 is 1.41 bits per heavy atom. The van der Waals surface area contributed by atoms with Crippen LogP contribution in [0.4, 0.5) is 4.79 Å². The minimum Gasteiger partial charge on any atom is -0.458 e. The summed E-state index contributed by atoms with van der Waals surface area (Å²) in [6.07, 6.45) is -0.533. The number of hydrogen-bond acceptors (Lipinski definition) is 6. The topological polar surface area (TPSA) is 114 Å². The van der Waals surface area contributed by atoms with Crippen LogP contribution in [0.3, 0.4) is 0 Å². The highest BCUT2D eigenvalue weighted by Crippen LogP contribution is 2.24. The van der Waals surface area contributed by atoms with E-state index in [4.69, 9.17) is 9.47 Å². The molecule has 3 amide bonds. The number of hydrogen-bond donors (Lipinski definition) is 2. The van der Waals surface area contributed by atoms with Crippen LogP contribution in [-0.4, -0.2) is 59.6 Å². The van der Waals surface area contributed by atoms with Crippen molar-refractivity contribution >= 4 is 23.9 Å². The largest absolute Gasteiger partial charge is 0.458 e. The lowest BCUT2D eigenvalue weighted by Crippen LogP contribution is -2.51. The number of ether oxygens (including phenoxy) is 2. The molecule has 2 unspecified atom stereocenters. The van der Waals surface area contributed by atoms with Crippen molar-refractivity contribution < 1.29 is 28.7 Å². The van der Waals surface area contributed by atoms with Crippen LogP contribution in [0.5, 0.6) is 0 Å². The van der Waals surface area contributed by atoms with Gasteiger partial charge in [0.1, 0.15) is 29.8 Å². The van der Waals surface area contributed by atoms with Crippen LogP contribution in [0.15, 0.2) is 54.6 Å². The number of carbonyl (C=O) groups excluding carboxylic acids is 4. The van der Waals surface area contributed by atoms with E-state index in [9.17, 15) is 19.2 Å². The molecule has 9 heteroatoms. The maximum atomic E-state index is 13.8. The predicted molar refractivity (Wildman–Crippen MR) is 149 cm³/mol. The highest BCUT2D eigenvalue weighted by molar-refractivity contribution is 5.93. The summed E-state index contributed by atoms with van der Waals surface area (Å²) in [6.45, 7) is 11.9. The maximum absolute atomic E-state index is 13.8. The SMILES string of the molecule is Cc1ccccc1C(C(=O)NC(Cc1ccccc1)C(=O)OC(C)(C)C)N(C)C(=O)CNC(=O)OC(C)(C)C. The highest BCUT2D eigenvalue weighted by atomic mass is 16.6. The molecule has 9 nitrogen and oxygen atoms in total. The number of alkyl carbamates (subject to hydrolysis) is 1. The normalized spacial score (nSPS) is 13.0. The van der Waals surface area contributed by atoms with Crippen molar-refractivity contribution in [2.75, 3.05) is 13.6 Å². The van der Waals surface area contributed by atoms with Gasteiger partial charge in [-0.05, 0) is 65.2 Å². The first-order chi connectivity index (χ1) is 18.1. The van der Waals surface area contributed by atoms with Crippen LogP contribution in [-0.2, 0) is 30.3 Å². The zero-order chi connectivity index (χ0) is 29.4. The Labute approximate surface area is 231 Å². The second-order valence-corrected chi connectivity index (χ2v) is 11.4. The minimum atomic E-state index is -1.07. The minimum absolute atomic E-state index is 0.208. The van der Waals surface area contributed by atoms with Crippen molar-refractivity contribution in [2.24, 2.45) is 0 Å². The molecule has 39 heavy (non-hydrogen) atoms. The van der Waals surface area contributed by atoms with Crippen LogP contribution in [0.1, 0.15) is 64.3 Å². The molecule has 2 aromatic rings. The molecular weight excluding hydrogens is 498 g/mol. The molecule has 2 atom stereocenters. The third-order valence-electron chi connectivity index (χ3n) is 5.59. The lowest BCUT2D eigenvalue weighted by atomic mass is 9.98. The Balaban J connectivity index is 2.33. The number of rotatable bonds is 9. The molecule has 2 aromatic carbocycles. The number of amides is 3. The molecule has 0 aromatic heterocycles. The maximum Gasteiger partial charge on any atom is 0.408 e. The van der Waals surface area contributed by atoms with Crippen molar-refractivity contribution in [3.8, 4) is 0 Å². The molecular formula is C30H41N3O6. The Morgan fingerprint density at radius 1 is 0.846 bits per heavy atom. The first-order valence-corrected chi connectivity index (χ1v) is 12.9. The summed E-state index contributed by atoms with van der Waals surface area (Å²) in [5.74, 6) is -1.64. The second-order valence-electron chi connectivity index (χ2n) is 11.4. The van der Waals surface area contributed by atoms with Gasteiger partial charge < -0.3 is 25.0 Å². The van der Waals surface area contributed by atoms with E-state index >= 15 is 0 Å². The predicted octanol–water partition coefficient (Wildman–Crippen LogP) is 4.09.